The molecule has 4 aromatic rings. The predicted molar refractivity (Wildman–Crippen MR) is 133 cm³/mol. The number of benzene rings is 1. The molecule has 1 amide bonds. The number of rotatable bonds is 8. The number of nitrogens with zero attached hydrogens (tertiary/aromatic N) is 2. The molecule has 4 rings (SSSR count). The average molecular weight is 466 g/mol. The van der Waals surface area contributed by atoms with Gasteiger partial charge < -0.3 is 14.6 Å². The summed E-state index contributed by atoms with van der Waals surface area (Å²) in [7, 11) is 1.66. The minimum atomic E-state index is -0.0337. The zero-order valence-electron chi connectivity index (χ0n) is 18.7. The topological polar surface area (TPSA) is 56.1 Å². The zero-order valence-corrected chi connectivity index (χ0v) is 20.3. The molecule has 1 N–H and O–H groups in total. The van der Waals surface area contributed by atoms with Gasteiger partial charge in [-0.25, -0.2) is 4.98 Å². The first-order valence-corrected chi connectivity index (χ1v) is 12.4. The molecule has 32 heavy (non-hydrogen) atoms. The van der Waals surface area contributed by atoms with Gasteiger partial charge in [0.15, 0.2) is 0 Å². The second-order valence-corrected chi connectivity index (χ2v) is 9.63. The molecule has 0 aliphatic carbocycles. The van der Waals surface area contributed by atoms with Crippen LogP contribution in [0.5, 0.6) is 5.75 Å². The Morgan fingerprint density at radius 2 is 2.00 bits per heavy atom. The van der Waals surface area contributed by atoms with Gasteiger partial charge in [0, 0.05) is 27.6 Å². The van der Waals surface area contributed by atoms with Crippen molar-refractivity contribution in [3.05, 3.63) is 69.4 Å². The van der Waals surface area contributed by atoms with Gasteiger partial charge in [0.05, 0.1) is 30.6 Å². The monoisotopic (exact) mass is 465 g/mol. The molecule has 0 aliphatic heterocycles. The summed E-state index contributed by atoms with van der Waals surface area (Å²) in [5, 5.41) is 8.18. The quantitative estimate of drug-likeness (QED) is 0.335. The third kappa shape index (κ3) is 4.64. The van der Waals surface area contributed by atoms with Gasteiger partial charge in [0.25, 0.3) is 5.91 Å². The highest BCUT2D eigenvalue weighted by Crippen LogP contribution is 2.33. The molecule has 0 saturated carbocycles. The summed E-state index contributed by atoms with van der Waals surface area (Å²) >= 11 is 3.32. The van der Waals surface area contributed by atoms with Gasteiger partial charge in [-0.15, -0.1) is 22.7 Å². The van der Waals surface area contributed by atoms with Crippen molar-refractivity contribution in [1.82, 2.24) is 14.9 Å². The third-order valence-corrected chi connectivity index (χ3v) is 7.35. The Kier molecular flexibility index (Phi) is 6.77. The largest absolute Gasteiger partial charge is 0.497 e. The first-order valence-electron chi connectivity index (χ1n) is 10.6. The van der Waals surface area contributed by atoms with Gasteiger partial charge in [-0.05, 0) is 62.0 Å². The number of nitrogens with one attached hydrogen (secondary N) is 1. The molecule has 0 spiro atoms. The van der Waals surface area contributed by atoms with Crippen molar-refractivity contribution in [3.8, 4) is 27.7 Å². The van der Waals surface area contributed by atoms with Crippen LogP contribution in [-0.2, 0) is 6.54 Å². The van der Waals surface area contributed by atoms with Crippen LogP contribution in [0.1, 0.15) is 41.2 Å². The summed E-state index contributed by atoms with van der Waals surface area (Å²) in [4.78, 5) is 19.1. The summed E-state index contributed by atoms with van der Waals surface area (Å²) in [5.74, 6) is 0.788. The van der Waals surface area contributed by atoms with Crippen molar-refractivity contribution < 1.29 is 9.53 Å². The van der Waals surface area contributed by atoms with Crippen molar-refractivity contribution in [2.75, 3.05) is 7.11 Å². The van der Waals surface area contributed by atoms with E-state index in [2.05, 4.69) is 39.7 Å². The smallest absolute Gasteiger partial charge is 0.253 e. The Morgan fingerprint density at radius 3 is 2.66 bits per heavy atom. The molecule has 0 bridgehead atoms. The maximum atomic E-state index is 13.0. The van der Waals surface area contributed by atoms with E-state index in [0.717, 1.165) is 39.8 Å². The van der Waals surface area contributed by atoms with Crippen molar-refractivity contribution in [1.29, 1.82) is 0 Å². The van der Waals surface area contributed by atoms with E-state index in [1.165, 1.54) is 4.88 Å². The van der Waals surface area contributed by atoms with Gasteiger partial charge in [-0.1, -0.05) is 13.0 Å². The first-order chi connectivity index (χ1) is 15.5. The van der Waals surface area contributed by atoms with Gasteiger partial charge in [0.1, 0.15) is 10.8 Å². The summed E-state index contributed by atoms with van der Waals surface area (Å²) in [5.41, 5.74) is 4.54. The second-order valence-electron chi connectivity index (χ2n) is 7.74. The van der Waals surface area contributed by atoms with Gasteiger partial charge >= 0.3 is 0 Å². The van der Waals surface area contributed by atoms with E-state index in [0.29, 0.717) is 12.1 Å². The molecule has 3 aromatic heterocycles. The van der Waals surface area contributed by atoms with Crippen LogP contribution in [0.4, 0.5) is 0 Å². The molecule has 0 fully saturated rings. The molecule has 166 valence electrons. The third-order valence-electron chi connectivity index (χ3n) is 5.60. The molecular weight excluding hydrogens is 438 g/mol. The first kappa shape index (κ1) is 22.3. The number of methoxy groups -OCH3 is 1. The molecule has 0 radical (unpaired) electrons. The number of amides is 1. The highest BCUT2D eigenvalue weighted by Gasteiger charge is 2.21. The number of thiophene rings is 1. The van der Waals surface area contributed by atoms with Crippen LogP contribution < -0.4 is 10.1 Å². The highest BCUT2D eigenvalue weighted by molar-refractivity contribution is 7.13. The van der Waals surface area contributed by atoms with Crippen LogP contribution >= 0.6 is 22.7 Å². The lowest BCUT2D eigenvalue weighted by atomic mass is 10.2. The number of thiazole rings is 1. The zero-order chi connectivity index (χ0) is 22.7. The Morgan fingerprint density at radius 1 is 1.22 bits per heavy atom. The van der Waals surface area contributed by atoms with Crippen LogP contribution in [0.2, 0.25) is 0 Å². The van der Waals surface area contributed by atoms with Crippen LogP contribution in [-0.4, -0.2) is 28.6 Å². The molecule has 1 aromatic carbocycles. The highest BCUT2D eigenvalue weighted by atomic mass is 32.1. The van der Waals surface area contributed by atoms with Crippen LogP contribution in [0.3, 0.4) is 0 Å². The van der Waals surface area contributed by atoms with E-state index < -0.39 is 0 Å². The number of hydrogen-bond acceptors (Lipinski definition) is 5. The lowest BCUT2D eigenvalue weighted by Crippen LogP contribution is -2.32. The SMILES string of the molecule is CCC(C)NC(=O)c1cc(-c2csc(-c3ccc(OC)cc3)n2)n(Cc2cccs2)c1C. The lowest BCUT2D eigenvalue weighted by Gasteiger charge is -2.12. The number of carbonyl (C=O) groups is 1. The van der Waals surface area contributed by atoms with Crippen molar-refractivity contribution in [3.63, 3.8) is 0 Å². The molecule has 0 aliphatic rings. The number of carbonyl (C=O) groups excluding carboxylic acids is 1. The average Bonchev–Trinajstić information content (AvgIpc) is 3.55. The Balaban J connectivity index is 1.72. The van der Waals surface area contributed by atoms with Crippen molar-refractivity contribution >= 4 is 28.6 Å². The molecule has 1 atom stereocenters. The Hall–Kier alpha value is -2.90. The van der Waals surface area contributed by atoms with Crippen molar-refractivity contribution in [2.45, 2.75) is 39.8 Å². The van der Waals surface area contributed by atoms with E-state index >= 15 is 0 Å². The fraction of sp³-hybridized carbons (Fsp3) is 0.280. The van der Waals surface area contributed by atoms with E-state index in [9.17, 15) is 4.79 Å². The molecular formula is C25H27N3O2S2. The molecule has 7 heteroatoms. The molecule has 5 nitrogen and oxygen atoms in total. The normalized spacial score (nSPS) is 12.0. The number of ether oxygens (including phenoxy) is 1. The summed E-state index contributed by atoms with van der Waals surface area (Å²) in [6.07, 6.45) is 0.894. The summed E-state index contributed by atoms with van der Waals surface area (Å²) in [6, 6.07) is 14.2. The van der Waals surface area contributed by atoms with E-state index in [4.69, 9.17) is 9.72 Å². The number of aromatic nitrogens is 2. The maximum absolute atomic E-state index is 13.0. The van der Waals surface area contributed by atoms with Gasteiger partial charge in [-0.3, -0.25) is 4.79 Å². The predicted octanol–water partition coefficient (Wildman–Crippen LogP) is 6.23. The second kappa shape index (κ2) is 9.71. The maximum Gasteiger partial charge on any atom is 0.253 e. The van der Waals surface area contributed by atoms with E-state index in [-0.39, 0.29) is 11.9 Å². The number of hydrogen-bond donors (Lipinski definition) is 1. The molecule has 1 unspecified atom stereocenters. The van der Waals surface area contributed by atoms with Crippen LogP contribution in [0, 0.1) is 6.92 Å². The minimum absolute atomic E-state index is 0.0337. The van der Waals surface area contributed by atoms with E-state index in [1.54, 1.807) is 29.8 Å². The van der Waals surface area contributed by atoms with Crippen LogP contribution in [0.15, 0.2) is 53.2 Å². The fourth-order valence-electron chi connectivity index (χ4n) is 3.51. The Labute approximate surface area is 196 Å². The fourth-order valence-corrected chi connectivity index (χ4v) is 5.02. The van der Waals surface area contributed by atoms with Gasteiger partial charge in [-0.2, -0.15) is 0 Å². The molecule has 3 heterocycles. The Bertz CT molecular complexity index is 1190. The molecule has 0 saturated heterocycles. The minimum Gasteiger partial charge on any atom is -0.497 e. The van der Waals surface area contributed by atoms with Crippen LogP contribution in [0.25, 0.3) is 22.0 Å². The van der Waals surface area contributed by atoms with Gasteiger partial charge in [0.2, 0.25) is 0 Å². The summed E-state index contributed by atoms with van der Waals surface area (Å²) < 4.78 is 7.46. The van der Waals surface area contributed by atoms with Crippen molar-refractivity contribution in [2.24, 2.45) is 0 Å². The summed E-state index contributed by atoms with van der Waals surface area (Å²) in [6.45, 7) is 6.82. The lowest BCUT2D eigenvalue weighted by molar-refractivity contribution is 0.0938. The van der Waals surface area contributed by atoms with E-state index in [1.807, 2.05) is 44.2 Å². The standard InChI is InChI=1S/C25H27N3O2S2/c1-5-16(2)26-24(29)21-13-23(28(17(21)3)14-20-7-6-12-31-20)22-15-32-25(27-22)18-8-10-19(30-4)11-9-18/h6-13,15-16H,5,14H2,1-4H3,(H,26,29).